The molecular weight excluding hydrogens is 276 g/mol. The minimum Gasteiger partial charge on any atom is -0.385 e. The first-order valence-corrected chi connectivity index (χ1v) is 8.07. The Bertz CT molecular complexity index is 449. The van der Waals surface area contributed by atoms with Crippen LogP contribution in [0, 0.1) is 5.92 Å². The second-order valence-electron chi connectivity index (χ2n) is 5.66. The van der Waals surface area contributed by atoms with Gasteiger partial charge in [0.2, 0.25) is 0 Å². The van der Waals surface area contributed by atoms with Crippen molar-refractivity contribution in [3.05, 3.63) is 30.3 Å². The first kappa shape index (κ1) is 16.6. The maximum absolute atomic E-state index is 5.05. The molecule has 0 aliphatic carbocycles. The first-order chi connectivity index (χ1) is 10.8. The zero-order valence-corrected chi connectivity index (χ0v) is 13.7. The van der Waals surface area contributed by atoms with Crippen molar-refractivity contribution in [2.75, 3.05) is 51.8 Å². The molecule has 1 atom stereocenters. The number of ether oxygens (including phenoxy) is 1. The van der Waals surface area contributed by atoms with Crippen LogP contribution in [-0.4, -0.2) is 52.9 Å². The van der Waals surface area contributed by atoms with Gasteiger partial charge in [-0.2, -0.15) is 0 Å². The molecule has 1 saturated heterocycles. The van der Waals surface area contributed by atoms with Crippen molar-refractivity contribution in [3.63, 3.8) is 0 Å². The van der Waals surface area contributed by atoms with Crippen LogP contribution in [0.15, 0.2) is 35.3 Å². The highest BCUT2D eigenvalue weighted by Gasteiger charge is 2.22. The molecule has 1 aromatic rings. The topological polar surface area (TPSA) is 48.9 Å². The molecule has 1 aliphatic heterocycles. The Morgan fingerprint density at radius 2 is 2.14 bits per heavy atom. The standard InChI is InChI=1S/C17H28N4O/c1-18-17(19-10-6-12-22-2)20-13-15-9-11-21(14-15)16-7-4-3-5-8-16/h3-5,7-8,15H,6,9-14H2,1-2H3,(H2,18,19,20). The first-order valence-electron chi connectivity index (χ1n) is 8.07. The molecule has 2 rings (SSSR count). The van der Waals surface area contributed by atoms with Crippen LogP contribution in [0.5, 0.6) is 0 Å². The number of nitrogens with one attached hydrogen (secondary N) is 2. The Hall–Kier alpha value is -1.75. The van der Waals surface area contributed by atoms with E-state index in [1.54, 1.807) is 7.11 Å². The number of nitrogens with zero attached hydrogens (tertiary/aromatic N) is 2. The summed E-state index contributed by atoms with van der Waals surface area (Å²) in [5, 5.41) is 6.75. The Morgan fingerprint density at radius 1 is 1.32 bits per heavy atom. The Labute approximate surface area is 133 Å². The van der Waals surface area contributed by atoms with Crippen molar-refractivity contribution in [1.29, 1.82) is 0 Å². The van der Waals surface area contributed by atoms with E-state index in [1.807, 2.05) is 7.05 Å². The minimum absolute atomic E-state index is 0.665. The van der Waals surface area contributed by atoms with E-state index in [-0.39, 0.29) is 0 Å². The second kappa shape index (κ2) is 9.30. The molecule has 2 N–H and O–H groups in total. The van der Waals surface area contributed by atoms with Crippen LogP contribution in [0.3, 0.4) is 0 Å². The van der Waals surface area contributed by atoms with Crippen LogP contribution < -0.4 is 15.5 Å². The Kier molecular flexibility index (Phi) is 7.03. The third kappa shape index (κ3) is 5.22. The molecule has 0 spiro atoms. The van der Waals surface area contributed by atoms with E-state index < -0.39 is 0 Å². The van der Waals surface area contributed by atoms with Gasteiger partial charge in [0.05, 0.1) is 0 Å². The third-order valence-electron chi connectivity index (χ3n) is 4.01. The lowest BCUT2D eigenvalue weighted by molar-refractivity contribution is 0.195. The highest BCUT2D eigenvalue weighted by Crippen LogP contribution is 2.22. The molecule has 122 valence electrons. The number of anilines is 1. The fraction of sp³-hybridized carbons (Fsp3) is 0.588. The number of hydrogen-bond donors (Lipinski definition) is 2. The molecule has 0 amide bonds. The largest absolute Gasteiger partial charge is 0.385 e. The fourth-order valence-electron chi connectivity index (χ4n) is 2.76. The van der Waals surface area contributed by atoms with Crippen molar-refractivity contribution >= 4 is 11.6 Å². The lowest BCUT2D eigenvalue weighted by atomic mass is 10.1. The molecule has 5 heteroatoms. The van der Waals surface area contributed by atoms with Crippen molar-refractivity contribution in [3.8, 4) is 0 Å². The molecule has 1 unspecified atom stereocenters. The number of guanidine groups is 1. The molecule has 0 saturated carbocycles. The van der Waals surface area contributed by atoms with Gasteiger partial charge in [0.15, 0.2) is 5.96 Å². The van der Waals surface area contributed by atoms with Gasteiger partial charge in [-0.25, -0.2) is 0 Å². The van der Waals surface area contributed by atoms with Crippen molar-refractivity contribution in [2.45, 2.75) is 12.8 Å². The third-order valence-corrected chi connectivity index (χ3v) is 4.01. The van der Waals surface area contributed by atoms with Gasteiger partial charge in [-0.3, -0.25) is 4.99 Å². The number of para-hydroxylation sites is 1. The van der Waals surface area contributed by atoms with Crippen LogP contribution in [0.25, 0.3) is 0 Å². The van der Waals surface area contributed by atoms with Gasteiger partial charge in [0, 0.05) is 52.6 Å². The monoisotopic (exact) mass is 304 g/mol. The zero-order chi connectivity index (χ0) is 15.6. The molecule has 0 radical (unpaired) electrons. The van der Waals surface area contributed by atoms with Gasteiger partial charge in [0.25, 0.3) is 0 Å². The van der Waals surface area contributed by atoms with Crippen LogP contribution in [0.4, 0.5) is 5.69 Å². The summed E-state index contributed by atoms with van der Waals surface area (Å²) in [5.74, 6) is 1.55. The van der Waals surface area contributed by atoms with Gasteiger partial charge in [-0.15, -0.1) is 0 Å². The van der Waals surface area contributed by atoms with E-state index >= 15 is 0 Å². The summed E-state index contributed by atoms with van der Waals surface area (Å²) in [6.07, 6.45) is 2.21. The number of methoxy groups -OCH3 is 1. The van der Waals surface area contributed by atoms with E-state index in [0.29, 0.717) is 5.92 Å². The predicted octanol–water partition coefficient (Wildman–Crippen LogP) is 1.71. The highest BCUT2D eigenvalue weighted by atomic mass is 16.5. The molecular formula is C17H28N4O. The quantitative estimate of drug-likeness (QED) is 0.457. The van der Waals surface area contributed by atoms with Gasteiger partial charge < -0.3 is 20.3 Å². The number of benzene rings is 1. The Balaban J connectivity index is 1.69. The zero-order valence-electron chi connectivity index (χ0n) is 13.7. The predicted molar refractivity (Wildman–Crippen MR) is 92.6 cm³/mol. The van der Waals surface area contributed by atoms with E-state index in [2.05, 4.69) is 50.9 Å². The van der Waals surface area contributed by atoms with E-state index in [1.165, 1.54) is 12.1 Å². The highest BCUT2D eigenvalue weighted by molar-refractivity contribution is 5.79. The lowest BCUT2D eigenvalue weighted by Gasteiger charge is -2.19. The van der Waals surface area contributed by atoms with Gasteiger partial charge in [-0.1, -0.05) is 18.2 Å². The second-order valence-corrected chi connectivity index (χ2v) is 5.66. The molecule has 0 aromatic heterocycles. The summed E-state index contributed by atoms with van der Waals surface area (Å²) in [4.78, 5) is 6.72. The molecule has 0 bridgehead atoms. The lowest BCUT2D eigenvalue weighted by Crippen LogP contribution is -2.40. The van der Waals surface area contributed by atoms with Crippen molar-refractivity contribution < 1.29 is 4.74 Å². The van der Waals surface area contributed by atoms with Gasteiger partial charge in [0.1, 0.15) is 0 Å². The SMILES string of the molecule is CN=C(NCCCOC)NCC1CCN(c2ccccc2)C1. The molecule has 1 heterocycles. The van der Waals surface area contributed by atoms with Crippen LogP contribution >= 0.6 is 0 Å². The molecule has 1 aromatic carbocycles. The van der Waals surface area contributed by atoms with Crippen LogP contribution in [-0.2, 0) is 4.74 Å². The molecule has 1 fully saturated rings. The van der Waals surface area contributed by atoms with Crippen molar-refractivity contribution in [2.24, 2.45) is 10.9 Å². The average Bonchev–Trinajstić information content (AvgIpc) is 3.04. The maximum atomic E-state index is 5.05. The smallest absolute Gasteiger partial charge is 0.190 e. The van der Waals surface area contributed by atoms with E-state index in [0.717, 1.165) is 45.2 Å². The summed E-state index contributed by atoms with van der Waals surface area (Å²) >= 11 is 0. The van der Waals surface area contributed by atoms with Crippen LogP contribution in [0.1, 0.15) is 12.8 Å². The summed E-state index contributed by atoms with van der Waals surface area (Å²) in [6.45, 7) is 4.87. The molecule has 5 nitrogen and oxygen atoms in total. The fourth-order valence-corrected chi connectivity index (χ4v) is 2.76. The van der Waals surface area contributed by atoms with E-state index in [4.69, 9.17) is 4.74 Å². The van der Waals surface area contributed by atoms with Gasteiger partial charge >= 0.3 is 0 Å². The normalized spacial score (nSPS) is 18.5. The van der Waals surface area contributed by atoms with Gasteiger partial charge in [-0.05, 0) is 30.9 Å². The Morgan fingerprint density at radius 3 is 2.86 bits per heavy atom. The summed E-state index contributed by atoms with van der Waals surface area (Å²) < 4.78 is 5.05. The van der Waals surface area contributed by atoms with Crippen molar-refractivity contribution in [1.82, 2.24) is 10.6 Å². The summed E-state index contributed by atoms with van der Waals surface area (Å²) in [5.41, 5.74) is 1.33. The van der Waals surface area contributed by atoms with Crippen LogP contribution in [0.2, 0.25) is 0 Å². The maximum Gasteiger partial charge on any atom is 0.190 e. The number of rotatable bonds is 7. The molecule has 22 heavy (non-hydrogen) atoms. The minimum atomic E-state index is 0.665. The number of aliphatic imine (C=N–C) groups is 1. The summed E-state index contributed by atoms with van der Waals surface area (Å²) in [7, 11) is 3.54. The number of hydrogen-bond acceptors (Lipinski definition) is 3. The molecule has 1 aliphatic rings. The van der Waals surface area contributed by atoms with E-state index in [9.17, 15) is 0 Å². The average molecular weight is 304 g/mol. The summed E-state index contributed by atoms with van der Waals surface area (Å²) in [6, 6.07) is 10.6.